The van der Waals surface area contributed by atoms with Crippen LogP contribution >= 0.6 is 11.6 Å². The number of benzene rings is 1. The Hall–Kier alpha value is -1.81. The van der Waals surface area contributed by atoms with Gasteiger partial charge in [-0.2, -0.15) is 0 Å². The highest BCUT2D eigenvalue weighted by molar-refractivity contribution is 6.31. The molecule has 5 heteroatoms. The molecule has 0 aliphatic heterocycles. The van der Waals surface area contributed by atoms with Crippen LogP contribution in [0.2, 0.25) is 5.02 Å². The molecule has 0 saturated heterocycles. The SMILES string of the molecule is CCn1cc[n+](C)c1/C([O-])=N/c1ccc(C)c(Cl)c1. The van der Waals surface area contributed by atoms with E-state index in [1.807, 2.05) is 43.9 Å². The molecule has 0 bridgehead atoms. The maximum absolute atomic E-state index is 12.2. The van der Waals surface area contributed by atoms with E-state index in [2.05, 4.69) is 4.99 Å². The Labute approximate surface area is 117 Å². The summed E-state index contributed by atoms with van der Waals surface area (Å²) in [6.45, 7) is 4.63. The van der Waals surface area contributed by atoms with E-state index in [0.717, 1.165) is 12.1 Å². The van der Waals surface area contributed by atoms with E-state index in [1.54, 1.807) is 16.7 Å². The summed E-state index contributed by atoms with van der Waals surface area (Å²) in [6, 6.07) is 5.35. The third-order valence-electron chi connectivity index (χ3n) is 2.99. The minimum absolute atomic E-state index is 0.269. The summed E-state index contributed by atoms with van der Waals surface area (Å²) >= 11 is 6.03. The van der Waals surface area contributed by atoms with Crippen LogP contribution in [0.1, 0.15) is 18.3 Å². The Morgan fingerprint density at radius 2 is 2.21 bits per heavy atom. The van der Waals surface area contributed by atoms with Gasteiger partial charge in [0.25, 0.3) is 5.82 Å². The summed E-state index contributed by atoms with van der Waals surface area (Å²) < 4.78 is 3.63. The van der Waals surface area contributed by atoms with Gasteiger partial charge in [0.15, 0.2) is 0 Å². The zero-order valence-electron chi connectivity index (χ0n) is 11.2. The molecule has 0 unspecified atom stereocenters. The van der Waals surface area contributed by atoms with Gasteiger partial charge in [-0.15, -0.1) is 0 Å². The number of hydrogen-bond donors (Lipinski definition) is 0. The third kappa shape index (κ3) is 2.79. The molecule has 0 spiro atoms. The Balaban J connectivity index is 2.42. The lowest BCUT2D eigenvalue weighted by Gasteiger charge is -2.09. The molecule has 0 atom stereocenters. The van der Waals surface area contributed by atoms with E-state index >= 15 is 0 Å². The van der Waals surface area contributed by atoms with Crippen LogP contribution in [0.4, 0.5) is 5.69 Å². The normalized spacial score (nSPS) is 11.9. The molecule has 0 saturated carbocycles. The summed E-state index contributed by atoms with van der Waals surface area (Å²) in [5.74, 6) is 0.286. The summed E-state index contributed by atoms with van der Waals surface area (Å²) in [5, 5.41) is 12.8. The third-order valence-corrected chi connectivity index (χ3v) is 3.40. The average Bonchev–Trinajstić information content (AvgIpc) is 2.75. The van der Waals surface area contributed by atoms with Crippen LogP contribution in [0, 0.1) is 6.92 Å². The highest BCUT2D eigenvalue weighted by atomic mass is 35.5. The van der Waals surface area contributed by atoms with E-state index in [4.69, 9.17) is 11.6 Å². The zero-order chi connectivity index (χ0) is 14.0. The molecule has 0 aliphatic rings. The predicted molar refractivity (Wildman–Crippen MR) is 73.7 cm³/mol. The van der Waals surface area contributed by atoms with Crippen LogP contribution in [0.25, 0.3) is 0 Å². The molecule has 1 aromatic heterocycles. The molecule has 0 aliphatic carbocycles. The monoisotopic (exact) mass is 277 g/mol. The number of aliphatic imine (C=N–C) groups is 1. The van der Waals surface area contributed by atoms with Crippen molar-refractivity contribution in [2.75, 3.05) is 0 Å². The van der Waals surface area contributed by atoms with E-state index in [1.165, 1.54) is 0 Å². The van der Waals surface area contributed by atoms with Crippen molar-refractivity contribution >= 4 is 23.2 Å². The fourth-order valence-electron chi connectivity index (χ4n) is 1.87. The van der Waals surface area contributed by atoms with Gasteiger partial charge in [-0.3, -0.25) is 4.99 Å². The second-order valence-electron chi connectivity index (χ2n) is 4.37. The van der Waals surface area contributed by atoms with E-state index in [9.17, 15) is 5.11 Å². The smallest absolute Gasteiger partial charge is 0.292 e. The van der Waals surface area contributed by atoms with Crippen LogP contribution in [0.15, 0.2) is 35.6 Å². The molecule has 1 heterocycles. The minimum Gasteiger partial charge on any atom is -0.853 e. The van der Waals surface area contributed by atoms with Gasteiger partial charge in [-0.05, 0) is 31.5 Å². The molecular weight excluding hydrogens is 262 g/mol. The standard InChI is InChI=1S/C14H16ClN3O/c1-4-18-8-7-17(3)14(18)13(19)16-11-6-5-10(2)12(15)9-11/h5-9H,4H2,1-3H3. The van der Waals surface area contributed by atoms with Gasteiger partial charge in [0.1, 0.15) is 12.4 Å². The highest BCUT2D eigenvalue weighted by Gasteiger charge is 2.13. The fourth-order valence-corrected chi connectivity index (χ4v) is 2.05. The Bertz CT molecular complexity index is 632. The second-order valence-corrected chi connectivity index (χ2v) is 4.78. The van der Waals surface area contributed by atoms with Crippen molar-refractivity contribution in [2.45, 2.75) is 20.4 Å². The number of nitrogens with zero attached hydrogens (tertiary/aromatic N) is 3. The topological polar surface area (TPSA) is 44.2 Å². The van der Waals surface area contributed by atoms with Crippen molar-refractivity contribution in [1.29, 1.82) is 0 Å². The lowest BCUT2D eigenvalue weighted by atomic mass is 10.2. The van der Waals surface area contributed by atoms with Crippen molar-refractivity contribution in [2.24, 2.45) is 12.0 Å². The van der Waals surface area contributed by atoms with Crippen molar-refractivity contribution in [3.8, 4) is 0 Å². The number of rotatable bonds is 3. The predicted octanol–water partition coefficient (Wildman–Crippen LogP) is 1.73. The van der Waals surface area contributed by atoms with Crippen LogP contribution in [0.5, 0.6) is 0 Å². The maximum Gasteiger partial charge on any atom is 0.292 e. The summed E-state index contributed by atoms with van der Waals surface area (Å²) in [7, 11) is 1.83. The Morgan fingerprint density at radius 1 is 1.47 bits per heavy atom. The summed E-state index contributed by atoms with van der Waals surface area (Å²) in [6.07, 6.45) is 3.71. The second kappa shape index (κ2) is 5.45. The molecular formula is C14H16ClN3O. The Morgan fingerprint density at radius 3 is 2.84 bits per heavy atom. The van der Waals surface area contributed by atoms with Crippen molar-refractivity contribution in [1.82, 2.24) is 4.57 Å². The van der Waals surface area contributed by atoms with E-state index in [0.29, 0.717) is 16.5 Å². The Kier molecular flexibility index (Phi) is 3.90. The average molecular weight is 278 g/mol. The molecule has 100 valence electrons. The molecule has 19 heavy (non-hydrogen) atoms. The minimum atomic E-state index is -0.269. The van der Waals surface area contributed by atoms with Crippen molar-refractivity contribution < 1.29 is 9.67 Å². The highest BCUT2D eigenvalue weighted by Crippen LogP contribution is 2.22. The van der Waals surface area contributed by atoms with Crippen molar-refractivity contribution in [3.05, 3.63) is 47.0 Å². The quantitative estimate of drug-likeness (QED) is 0.479. The number of aromatic nitrogens is 2. The van der Waals surface area contributed by atoms with Crippen LogP contribution in [-0.2, 0) is 13.6 Å². The van der Waals surface area contributed by atoms with Gasteiger partial charge >= 0.3 is 0 Å². The molecule has 0 radical (unpaired) electrons. The molecule has 4 nitrogen and oxygen atoms in total. The first kappa shape index (κ1) is 13.6. The number of imidazole rings is 1. The van der Waals surface area contributed by atoms with Gasteiger partial charge in [-0.25, -0.2) is 9.13 Å². The molecule has 2 aromatic rings. The number of halogens is 1. The van der Waals surface area contributed by atoms with Gasteiger partial charge < -0.3 is 5.11 Å². The van der Waals surface area contributed by atoms with E-state index < -0.39 is 0 Å². The van der Waals surface area contributed by atoms with Gasteiger partial charge in [0.2, 0.25) is 0 Å². The van der Waals surface area contributed by atoms with Gasteiger partial charge in [0.05, 0.1) is 25.2 Å². The van der Waals surface area contributed by atoms with E-state index in [-0.39, 0.29) is 5.90 Å². The number of aryl methyl sites for hydroxylation is 3. The van der Waals surface area contributed by atoms with Crippen LogP contribution in [-0.4, -0.2) is 10.5 Å². The first-order chi connectivity index (χ1) is 9.02. The maximum atomic E-state index is 12.2. The summed E-state index contributed by atoms with van der Waals surface area (Å²) in [4.78, 5) is 4.11. The fraction of sp³-hybridized carbons (Fsp3) is 0.286. The zero-order valence-corrected chi connectivity index (χ0v) is 12.0. The molecule has 0 amide bonds. The first-order valence-corrected chi connectivity index (χ1v) is 6.47. The van der Waals surface area contributed by atoms with Crippen molar-refractivity contribution in [3.63, 3.8) is 0 Å². The lowest BCUT2D eigenvalue weighted by Crippen LogP contribution is -2.40. The molecule has 2 rings (SSSR count). The van der Waals surface area contributed by atoms with Crippen LogP contribution in [0.3, 0.4) is 0 Å². The van der Waals surface area contributed by atoms with Crippen LogP contribution < -0.4 is 9.67 Å². The first-order valence-electron chi connectivity index (χ1n) is 6.10. The number of hydrogen-bond acceptors (Lipinski definition) is 2. The largest absolute Gasteiger partial charge is 0.853 e. The molecule has 1 aromatic carbocycles. The lowest BCUT2D eigenvalue weighted by molar-refractivity contribution is -0.674. The molecule has 0 N–H and O–H groups in total. The summed E-state index contributed by atoms with van der Waals surface area (Å²) in [5.41, 5.74) is 1.54. The van der Waals surface area contributed by atoms with Gasteiger partial charge in [-0.1, -0.05) is 17.7 Å². The molecule has 0 fully saturated rings. The van der Waals surface area contributed by atoms with Gasteiger partial charge in [0, 0.05) is 5.02 Å².